The van der Waals surface area contributed by atoms with Crippen molar-refractivity contribution in [3.8, 4) is 34.1 Å². The smallest absolute Gasteiger partial charge is 0.323 e. The van der Waals surface area contributed by atoms with Crippen LogP contribution in [-0.4, -0.2) is 69.4 Å². The van der Waals surface area contributed by atoms with E-state index in [1.807, 2.05) is 37.3 Å². The largest absolute Gasteiger partial charge is 0.496 e. The van der Waals surface area contributed by atoms with Crippen molar-refractivity contribution in [3.05, 3.63) is 59.7 Å². The highest BCUT2D eigenvalue weighted by Crippen LogP contribution is 2.42. The first-order valence-electron chi connectivity index (χ1n) is 14.0. The molecule has 0 aliphatic carbocycles. The number of oxime groups is 1. The van der Waals surface area contributed by atoms with Crippen molar-refractivity contribution >= 4 is 23.1 Å². The van der Waals surface area contributed by atoms with Gasteiger partial charge in [-0.1, -0.05) is 17.6 Å². The number of ether oxygens (including phenoxy) is 4. The van der Waals surface area contributed by atoms with Gasteiger partial charge in [0.2, 0.25) is 0 Å². The van der Waals surface area contributed by atoms with Crippen LogP contribution in [0.5, 0.6) is 23.0 Å². The standard InChI is InChI=1S/C32H40N4O6/c1-21-17-25(42-16-15-36-13-7-6-8-14-36)10-12-28(21)34-32(37)33-24-19-27(31(41-5)30(20-24)40-4)23-9-11-26(22(2)35-38)29(18-23)39-3/h9-12,17-20,38H,6-8,13-16H2,1-5H3,(H2,33,34,37)/b35-22+. The molecule has 3 aromatic rings. The Morgan fingerprint density at radius 3 is 2.36 bits per heavy atom. The molecular formula is C32H40N4O6. The van der Waals surface area contributed by atoms with Crippen molar-refractivity contribution in [2.75, 3.05) is 58.2 Å². The number of hydrogen-bond donors (Lipinski definition) is 3. The van der Waals surface area contributed by atoms with E-state index in [-0.39, 0.29) is 0 Å². The Kier molecular flexibility index (Phi) is 10.5. The quantitative estimate of drug-likeness (QED) is 0.138. The van der Waals surface area contributed by atoms with Crippen LogP contribution in [0.15, 0.2) is 53.7 Å². The van der Waals surface area contributed by atoms with E-state index in [0.717, 1.165) is 36.5 Å². The lowest BCUT2D eigenvalue weighted by Crippen LogP contribution is -2.33. The van der Waals surface area contributed by atoms with E-state index in [1.54, 1.807) is 39.3 Å². The molecule has 1 heterocycles. The first-order valence-corrected chi connectivity index (χ1v) is 14.0. The van der Waals surface area contributed by atoms with Crippen molar-refractivity contribution in [2.45, 2.75) is 33.1 Å². The third-order valence-corrected chi connectivity index (χ3v) is 7.36. The fourth-order valence-electron chi connectivity index (χ4n) is 5.09. The maximum absolute atomic E-state index is 13.0. The Balaban J connectivity index is 1.48. The number of nitrogens with one attached hydrogen (secondary N) is 2. The van der Waals surface area contributed by atoms with Gasteiger partial charge < -0.3 is 34.8 Å². The van der Waals surface area contributed by atoms with Gasteiger partial charge in [-0.15, -0.1) is 0 Å². The van der Waals surface area contributed by atoms with Crippen molar-refractivity contribution < 1.29 is 28.9 Å². The number of rotatable bonds is 11. The number of anilines is 2. The van der Waals surface area contributed by atoms with Crippen molar-refractivity contribution in [3.63, 3.8) is 0 Å². The van der Waals surface area contributed by atoms with Gasteiger partial charge in [-0.25, -0.2) is 4.79 Å². The van der Waals surface area contributed by atoms with Crippen molar-refractivity contribution in [2.24, 2.45) is 5.16 Å². The number of hydrogen-bond acceptors (Lipinski definition) is 8. The second kappa shape index (κ2) is 14.5. The molecule has 0 atom stereocenters. The number of urea groups is 1. The summed E-state index contributed by atoms with van der Waals surface area (Å²) < 4.78 is 22.8. The summed E-state index contributed by atoms with van der Waals surface area (Å²) in [6.45, 7) is 7.45. The molecule has 224 valence electrons. The number of nitrogens with zero attached hydrogens (tertiary/aromatic N) is 2. The molecule has 3 N–H and O–H groups in total. The normalized spacial score (nSPS) is 13.8. The Bertz CT molecular complexity index is 1420. The molecule has 1 fully saturated rings. The van der Waals surface area contributed by atoms with Gasteiger partial charge in [0.1, 0.15) is 18.1 Å². The van der Waals surface area contributed by atoms with Crippen LogP contribution >= 0.6 is 0 Å². The second-order valence-electron chi connectivity index (χ2n) is 10.2. The van der Waals surface area contributed by atoms with Crippen LogP contribution in [0.25, 0.3) is 11.1 Å². The van der Waals surface area contributed by atoms with E-state index in [9.17, 15) is 10.0 Å². The average molecular weight is 577 g/mol. The molecule has 0 unspecified atom stereocenters. The monoisotopic (exact) mass is 576 g/mol. The molecule has 10 heteroatoms. The Morgan fingerprint density at radius 2 is 1.69 bits per heavy atom. The second-order valence-corrected chi connectivity index (χ2v) is 10.2. The van der Waals surface area contributed by atoms with E-state index in [4.69, 9.17) is 18.9 Å². The summed E-state index contributed by atoms with van der Waals surface area (Å²) in [6.07, 6.45) is 3.83. The Morgan fingerprint density at radius 1 is 0.929 bits per heavy atom. The zero-order valence-corrected chi connectivity index (χ0v) is 25.0. The average Bonchev–Trinajstić information content (AvgIpc) is 3.01. The minimum atomic E-state index is -0.405. The fourth-order valence-corrected chi connectivity index (χ4v) is 5.09. The van der Waals surface area contributed by atoms with Crippen LogP contribution in [-0.2, 0) is 0 Å². The molecule has 1 saturated heterocycles. The Labute approximate surface area is 247 Å². The molecule has 4 rings (SSSR count). The van der Waals surface area contributed by atoms with Crippen molar-refractivity contribution in [1.29, 1.82) is 0 Å². The number of amides is 2. The molecule has 1 aliphatic rings. The molecule has 0 spiro atoms. The predicted molar refractivity (Wildman–Crippen MR) is 165 cm³/mol. The number of carbonyl (C=O) groups is 1. The van der Waals surface area contributed by atoms with Gasteiger partial charge in [0.25, 0.3) is 0 Å². The number of likely N-dealkylation sites (tertiary alicyclic amines) is 1. The molecule has 0 radical (unpaired) electrons. The van der Waals surface area contributed by atoms with Crippen LogP contribution in [0.2, 0.25) is 0 Å². The highest BCUT2D eigenvalue weighted by molar-refractivity contribution is 6.02. The summed E-state index contributed by atoms with van der Waals surface area (Å²) in [6, 6.07) is 14.2. The maximum Gasteiger partial charge on any atom is 0.323 e. The van der Waals surface area contributed by atoms with Gasteiger partial charge in [0.05, 0.1) is 27.0 Å². The number of aryl methyl sites for hydroxylation is 1. The van der Waals surface area contributed by atoms with Crippen LogP contribution in [0.3, 0.4) is 0 Å². The number of piperidine rings is 1. The predicted octanol–water partition coefficient (Wildman–Crippen LogP) is 6.39. The van der Waals surface area contributed by atoms with Crippen LogP contribution in [0.4, 0.5) is 16.2 Å². The SMILES string of the molecule is COc1cc(-c2cc(NC(=O)Nc3ccc(OCCN4CCCCC4)cc3C)cc(OC)c2OC)ccc1/C(C)=N/O. The molecule has 0 aromatic heterocycles. The summed E-state index contributed by atoms with van der Waals surface area (Å²) in [5.41, 5.74) is 4.58. The van der Waals surface area contributed by atoms with Gasteiger partial charge in [0.15, 0.2) is 11.5 Å². The summed E-state index contributed by atoms with van der Waals surface area (Å²) in [5, 5.41) is 18.3. The lowest BCUT2D eigenvalue weighted by atomic mass is 9.99. The van der Waals surface area contributed by atoms with Gasteiger partial charge in [-0.2, -0.15) is 0 Å². The van der Waals surface area contributed by atoms with Gasteiger partial charge >= 0.3 is 6.03 Å². The molecule has 0 bridgehead atoms. The topological polar surface area (TPSA) is 114 Å². The zero-order chi connectivity index (χ0) is 30.1. The van der Waals surface area contributed by atoms with E-state index in [1.165, 1.54) is 26.4 Å². The molecule has 0 saturated carbocycles. The summed E-state index contributed by atoms with van der Waals surface area (Å²) >= 11 is 0. The van der Waals surface area contributed by atoms with Crippen LogP contribution < -0.4 is 29.6 Å². The third-order valence-electron chi connectivity index (χ3n) is 7.36. The van der Waals surface area contributed by atoms with E-state index >= 15 is 0 Å². The number of benzene rings is 3. The highest BCUT2D eigenvalue weighted by Gasteiger charge is 2.18. The van der Waals surface area contributed by atoms with E-state index < -0.39 is 6.03 Å². The molecule has 2 amide bonds. The zero-order valence-electron chi connectivity index (χ0n) is 25.0. The summed E-state index contributed by atoms with van der Waals surface area (Å²) in [5.74, 6) is 2.25. The van der Waals surface area contributed by atoms with Gasteiger partial charge in [-0.05, 0) is 87.3 Å². The molecule has 3 aromatic carbocycles. The minimum Gasteiger partial charge on any atom is -0.496 e. The molecule has 10 nitrogen and oxygen atoms in total. The molecule has 42 heavy (non-hydrogen) atoms. The van der Waals surface area contributed by atoms with E-state index in [0.29, 0.717) is 52.1 Å². The maximum atomic E-state index is 13.0. The summed E-state index contributed by atoms with van der Waals surface area (Å²) in [7, 11) is 4.64. The third kappa shape index (κ3) is 7.44. The van der Waals surface area contributed by atoms with Crippen LogP contribution in [0, 0.1) is 6.92 Å². The fraction of sp³-hybridized carbons (Fsp3) is 0.375. The van der Waals surface area contributed by atoms with Crippen molar-refractivity contribution in [1.82, 2.24) is 4.90 Å². The van der Waals surface area contributed by atoms with E-state index in [2.05, 4.69) is 20.7 Å². The van der Waals surface area contributed by atoms with Gasteiger partial charge in [0, 0.05) is 35.1 Å². The first kappa shape index (κ1) is 30.5. The summed E-state index contributed by atoms with van der Waals surface area (Å²) in [4.78, 5) is 15.5. The van der Waals surface area contributed by atoms with Gasteiger partial charge in [-0.3, -0.25) is 4.90 Å². The Hall–Kier alpha value is -4.44. The number of methoxy groups -OCH3 is 3. The number of carbonyl (C=O) groups excluding carboxylic acids is 1. The first-order chi connectivity index (χ1) is 20.4. The molecular weight excluding hydrogens is 536 g/mol. The molecule has 1 aliphatic heterocycles. The lowest BCUT2D eigenvalue weighted by Gasteiger charge is -2.26. The minimum absolute atomic E-state index is 0.405. The lowest BCUT2D eigenvalue weighted by molar-refractivity contribution is 0.183. The van der Waals surface area contributed by atoms with Crippen LogP contribution in [0.1, 0.15) is 37.3 Å². The highest BCUT2D eigenvalue weighted by atomic mass is 16.5.